The van der Waals surface area contributed by atoms with Crippen LogP contribution in [0.25, 0.3) is 0 Å². The number of hydrogen-bond donors (Lipinski definition) is 0. The van der Waals surface area contributed by atoms with Gasteiger partial charge in [0, 0.05) is 30.9 Å². The largest absolute Gasteiger partial charge is 0.362 e. The molecule has 0 saturated carbocycles. The predicted molar refractivity (Wildman–Crippen MR) is 83.1 cm³/mol. The number of hydrogen-bond acceptors (Lipinski definition) is 4. The highest BCUT2D eigenvalue weighted by Gasteiger charge is 2.45. The van der Waals surface area contributed by atoms with Gasteiger partial charge in [0.25, 0.3) is 0 Å². The van der Waals surface area contributed by atoms with Gasteiger partial charge in [0.1, 0.15) is 0 Å². The fourth-order valence-corrected chi connectivity index (χ4v) is 4.38. The Kier molecular flexibility index (Phi) is 2.77. The molecule has 4 heterocycles. The van der Waals surface area contributed by atoms with Crippen LogP contribution in [-0.2, 0) is 0 Å². The highest BCUT2D eigenvalue weighted by Crippen LogP contribution is 2.39. The maximum atomic E-state index is 4.47. The van der Waals surface area contributed by atoms with E-state index in [0.29, 0.717) is 12.1 Å². The van der Waals surface area contributed by atoms with Crippen LogP contribution in [0.4, 0.5) is 10.8 Å². The third-order valence-electron chi connectivity index (χ3n) is 3.98. The molecule has 0 N–H and O–H groups in total. The van der Waals surface area contributed by atoms with E-state index in [1.807, 2.05) is 6.20 Å². The van der Waals surface area contributed by atoms with Gasteiger partial charge in [-0.3, -0.25) is 0 Å². The lowest BCUT2D eigenvalue weighted by Gasteiger charge is -2.57. The summed E-state index contributed by atoms with van der Waals surface area (Å²) in [5.41, 5.74) is 1.36. The van der Waals surface area contributed by atoms with Gasteiger partial charge in [-0.15, -0.1) is 0 Å². The second kappa shape index (κ2) is 4.49. The van der Waals surface area contributed by atoms with Crippen LogP contribution >= 0.6 is 27.3 Å². The van der Waals surface area contributed by atoms with E-state index in [9.17, 15) is 0 Å². The number of para-hydroxylation sites is 1. The first kappa shape index (κ1) is 11.7. The predicted octanol–water partition coefficient (Wildman–Crippen LogP) is 3.37. The lowest BCUT2D eigenvalue weighted by atomic mass is 9.87. The van der Waals surface area contributed by atoms with Crippen LogP contribution in [0.1, 0.15) is 6.42 Å². The zero-order valence-electron chi connectivity index (χ0n) is 10.4. The van der Waals surface area contributed by atoms with E-state index in [2.05, 4.69) is 61.0 Å². The van der Waals surface area contributed by atoms with Crippen molar-refractivity contribution in [2.75, 3.05) is 22.9 Å². The zero-order chi connectivity index (χ0) is 12.8. The molecule has 5 rings (SSSR count). The van der Waals surface area contributed by atoms with E-state index < -0.39 is 0 Å². The molecule has 0 aliphatic carbocycles. The lowest BCUT2D eigenvalue weighted by molar-refractivity contribution is 0.291. The van der Waals surface area contributed by atoms with Crippen LogP contribution in [-0.4, -0.2) is 30.2 Å². The molecule has 5 heteroatoms. The molecule has 2 bridgehead atoms. The summed E-state index contributed by atoms with van der Waals surface area (Å²) in [5, 5.41) is 1.15. The molecule has 1 aromatic heterocycles. The summed E-state index contributed by atoms with van der Waals surface area (Å²) in [5.74, 6) is 0. The Hall–Kier alpha value is -1.07. The number of benzene rings is 1. The third-order valence-corrected chi connectivity index (χ3v) is 5.52. The van der Waals surface area contributed by atoms with E-state index >= 15 is 0 Å². The van der Waals surface area contributed by atoms with Gasteiger partial charge in [0.15, 0.2) is 5.13 Å². The molecule has 2 atom stereocenters. The topological polar surface area (TPSA) is 19.4 Å². The summed E-state index contributed by atoms with van der Waals surface area (Å²) >= 11 is 5.22. The molecular weight excluding hydrogens is 322 g/mol. The van der Waals surface area contributed by atoms with Crippen LogP contribution in [0.15, 0.2) is 40.3 Å². The van der Waals surface area contributed by atoms with Crippen molar-refractivity contribution >= 4 is 38.1 Å². The molecule has 0 spiro atoms. The Morgan fingerprint density at radius 1 is 1.16 bits per heavy atom. The lowest BCUT2D eigenvalue weighted by Crippen LogP contribution is -2.69. The summed E-state index contributed by atoms with van der Waals surface area (Å²) in [6.45, 7) is 2.18. The number of halogens is 1. The van der Waals surface area contributed by atoms with Crippen LogP contribution < -0.4 is 9.80 Å². The molecule has 19 heavy (non-hydrogen) atoms. The van der Waals surface area contributed by atoms with Crippen molar-refractivity contribution in [2.24, 2.45) is 0 Å². The molecule has 1 aromatic carbocycles. The van der Waals surface area contributed by atoms with Crippen LogP contribution in [0.5, 0.6) is 0 Å². The maximum absolute atomic E-state index is 4.47. The van der Waals surface area contributed by atoms with Crippen molar-refractivity contribution in [3.05, 3.63) is 40.3 Å². The highest BCUT2D eigenvalue weighted by atomic mass is 79.9. The summed E-state index contributed by atoms with van der Waals surface area (Å²) in [6.07, 6.45) is 3.22. The first-order valence-electron chi connectivity index (χ1n) is 6.51. The Bertz CT molecular complexity index is 573. The molecule has 3 aliphatic heterocycles. The quantitative estimate of drug-likeness (QED) is 0.838. The number of nitrogens with zero attached hydrogens (tertiary/aromatic N) is 3. The fourth-order valence-electron chi connectivity index (χ4n) is 3.18. The van der Waals surface area contributed by atoms with Crippen molar-refractivity contribution < 1.29 is 0 Å². The second-order valence-corrected chi connectivity index (χ2v) is 7.53. The Balaban J connectivity index is 1.53. The van der Waals surface area contributed by atoms with Crippen molar-refractivity contribution in [3.63, 3.8) is 0 Å². The minimum Gasteiger partial charge on any atom is -0.362 e. The van der Waals surface area contributed by atoms with Crippen LogP contribution in [0, 0.1) is 0 Å². The Morgan fingerprint density at radius 2 is 1.89 bits per heavy atom. The Morgan fingerprint density at radius 3 is 2.53 bits per heavy atom. The van der Waals surface area contributed by atoms with E-state index in [1.54, 1.807) is 11.3 Å². The smallest absolute Gasteiger partial charge is 0.186 e. The van der Waals surface area contributed by atoms with Gasteiger partial charge in [0.2, 0.25) is 0 Å². The first-order chi connectivity index (χ1) is 9.31. The molecule has 3 saturated heterocycles. The molecule has 3 fully saturated rings. The van der Waals surface area contributed by atoms with Gasteiger partial charge >= 0.3 is 0 Å². The van der Waals surface area contributed by atoms with Gasteiger partial charge in [-0.2, -0.15) is 0 Å². The van der Waals surface area contributed by atoms with Gasteiger partial charge in [0.05, 0.1) is 9.98 Å². The van der Waals surface area contributed by atoms with Gasteiger partial charge in [-0.05, 0) is 34.5 Å². The Labute approximate surface area is 125 Å². The first-order valence-corrected chi connectivity index (χ1v) is 8.12. The summed E-state index contributed by atoms with van der Waals surface area (Å²) in [6, 6.07) is 12.0. The number of rotatable bonds is 2. The number of anilines is 2. The standard InChI is InChI=1S/C14H14BrN3S/c15-13-7-16-14(19-13)17-8-11-6-12(9-17)18(11)10-4-2-1-3-5-10/h1-5,7,11-12H,6,8-9H2. The minimum atomic E-state index is 0.642. The third kappa shape index (κ3) is 1.96. The van der Waals surface area contributed by atoms with Crippen molar-refractivity contribution in [2.45, 2.75) is 18.5 Å². The molecule has 0 amide bonds. The van der Waals surface area contributed by atoms with Gasteiger partial charge < -0.3 is 9.80 Å². The molecule has 98 valence electrons. The van der Waals surface area contributed by atoms with Gasteiger partial charge in [-0.1, -0.05) is 29.5 Å². The highest BCUT2D eigenvalue weighted by molar-refractivity contribution is 9.11. The van der Waals surface area contributed by atoms with E-state index in [1.165, 1.54) is 12.1 Å². The molecule has 0 radical (unpaired) electrons. The number of piperidine rings is 1. The number of piperazine rings is 1. The van der Waals surface area contributed by atoms with Crippen LogP contribution in [0.2, 0.25) is 0 Å². The second-order valence-electron chi connectivity index (χ2n) is 5.14. The molecule has 2 aromatic rings. The van der Waals surface area contributed by atoms with Crippen molar-refractivity contribution in [3.8, 4) is 0 Å². The summed E-state index contributed by atoms with van der Waals surface area (Å²) < 4.78 is 1.11. The minimum absolute atomic E-state index is 0.642. The normalized spacial score (nSPS) is 25.3. The molecule has 2 unspecified atom stereocenters. The molecular formula is C14H14BrN3S. The van der Waals surface area contributed by atoms with Gasteiger partial charge in [-0.25, -0.2) is 4.98 Å². The van der Waals surface area contributed by atoms with Crippen molar-refractivity contribution in [1.82, 2.24) is 4.98 Å². The average molecular weight is 336 g/mol. The number of fused-ring (bicyclic) bond motifs is 2. The maximum Gasteiger partial charge on any atom is 0.186 e. The average Bonchev–Trinajstić information content (AvgIpc) is 2.87. The van der Waals surface area contributed by atoms with Crippen LogP contribution in [0.3, 0.4) is 0 Å². The number of thiazole rings is 1. The fraction of sp³-hybridized carbons (Fsp3) is 0.357. The SMILES string of the molecule is Brc1cnc(N2CC3CC(C2)N3c2ccccc2)s1. The molecule has 3 aliphatic rings. The van der Waals surface area contributed by atoms with E-state index in [-0.39, 0.29) is 0 Å². The van der Waals surface area contributed by atoms with E-state index in [4.69, 9.17) is 0 Å². The molecule has 3 nitrogen and oxygen atoms in total. The monoisotopic (exact) mass is 335 g/mol. The zero-order valence-corrected chi connectivity index (χ0v) is 12.8. The summed E-state index contributed by atoms with van der Waals surface area (Å²) in [7, 11) is 0. The van der Waals surface area contributed by atoms with E-state index in [0.717, 1.165) is 22.0 Å². The summed E-state index contributed by atoms with van der Waals surface area (Å²) in [4.78, 5) is 9.46. The number of aromatic nitrogens is 1. The van der Waals surface area contributed by atoms with Crippen molar-refractivity contribution in [1.29, 1.82) is 0 Å².